The molecule has 2 rings (SSSR count). The zero-order chi connectivity index (χ0) is 15.1. The minimum absolute atomic E-state index is 0.0729. The van der Waals surface area contributed by atoms with Crippen molar-refractivity contribution in [3.05, 3.63) is 52.7 Å². The van der Waals surface area contributed by atoms with E-state index in [4.69, 9.17) is 16.7 Å². The van der Waals surface area contributed by atoms with Crippen LogP contribution in [-0.4, -0.2) is 16.6 Å². The molecule has 0 unspecified atom stereocenters. The van der Waals surface area contributed by atoms with E-state index in [9.17, 15) is 0 Å². The van der Waals surface area contributed by atoms with E-state index < -0.39 is 0 Å². The molecular formula is C16H19ClN2OS. The molecule has 0 amide bonds. The Morgan fingerprint density at radius 1 is 1.19 bits per heavy atom. The van der Waals surface area contributed by atoms with Crippen molar-refractivity contribution in [2.45, 2.75) is 30.6 Å². The normalized spacial score (nSPS) is 10.6. The average Bonchev–Trinajstić information content (AvgIpc) is 2.53. The Kier molecular flexibility index (Phi) is 6.36. The molecule has 0 saturated carbocycles. The third-order valence-corrected chi connectivity index (χ3v) is 4.32. The number of hydrogen-bond donors (Lipinski definition) is 2. The predicted molar refractivity (Wildman–Crippen MR) is 90.0 cm³/mol. The van der Waals surface area contributed by atoms with Crippen molar-refractivity contribution < 1.29 is 5.11 Å². The summed E-state index contributed by atoms with van der Waals surface area (Å²) >= 11 is 7.89. The van der Waals surface area contributed by atoms with Crippen LogP contribution in [0.4, 0.5) is 5.82 Å². The van der Waals surface area contributed by atoms with Gasteiger partial charge in [0.2, 0.25) is 0 Å². The molecule has 0 fully saturated rings. The van der Waals surface area contributed by atoms with E-state index in [1.54, 1.807) is 11.8 Å². The van der Waals surface area contributed by atoms with Crippen LogP contribution in [0.2, 0.25) is 5.02 Å². The van der Waals surface area contributed by atoms with Gasteiger partial charge in [-0.2, -0.15) is 0 Å². The fourth-order valence-corrected chi connectivity index (χ4v) is 2.88. The lowest BCUT2D eigenvalue weighted by molar-refractivity contribution is 0.282. The maximum Gasteiger partial charge on any atom is 0.126 e. The molecule has 0 aliphatic rings. The number of thioether (sulfide) groups is 1. The van der Waals surface area contributed by atoms with Crippen molar-refractivity contribution in [1.82, 2.24) is 4.98 Å². The van der Waals surface area contributed by atoms with Gasteiger partial charge in [-0.25, -0.2) is 4.98 Å². The van der Waals surface area contributed by atoms with Gasteiger partial charge in [0.1, 0.15) is 5.82 Å². The fraction of sp³-hybridized carbons (Fsp3) is 0.312. The van der Waals surface area contributed by atoms with Crippen LogP contribution in [-0.2, 0) is 12.4 Å². The molecule has 1 heterocycles. The standard InChI is InChI=1S/C16H19ClN2OS/c1-2-9-18-16-8-7-14(17)15(19-16)11-21-13-5-3-12(10-20)4-6-13/h3-8,20H,2,9-11H2,1H3,(H,18,19). The Labute approximate surface area is 134 Å². The molecule has 0 spiro atoms. The Hall–Kier alpha value is -1.23. The third kappa shape index (κ3) is 4.92. The second kappa shape index (κ2) is 8.27. The highest BCUT2D eigenvalue weighted by atomic mass is 35.5. The molecule has 3 nitrogen and oxygen atoms in total. The summed E-state index contributed by atoms with van der Waals surface area (Å²) in [6.07, 6.45) is 1.06. The summed E-state index contributed by atoms with van der Waals surface area (Å²) in [6, 6.07) is 11.7. The Bertz CT molecular complexity index is 575. The van der Waals surface area contributed by atoms with E-state index in [1.807, 2.05) is 36.4 Å². The lowest BCUT2D eigenvalue weighted by atomic mass is 10.2. The topological polar surface area (TPSA) is 45.1 Å². The molecule has 5 heteroatoms. The fourth-order valence-electron chi connectivity index (χ4n) is 1.78. The number of aliphatic hydroxyl groups excluding tert-OH is 1. The Morgan fingerprint density at radius 2 is 1.95 bits per heavy atom. The number of anilines is 1. The molecule has 0 bridgehead atoms. The van der Waals surface area contributed by atoms with Gasteiger partial charge in [-0.15, -0.1) is 11.8 Å². The lowest BCUT2D eigenvalue weighted by Crippen LogP contribution is -2.03. The largest absolute Gasteiger partial charge is 0.392 e. The molecule has 0 aliphatic carbocycles. The molecule has 2 N–H and O–H groups in total. The molecule has 21 heavy (non-hydrogen) atoms. The molecule has 112 valence electrons. The van der Waals surface area contributed by atoms with Gasteiger partial charge in [0, 0.05) is 17.2 Å². The number of benzene rings is 1. The zero-order valence-electron chi connectivity index (χ0n) is 12.0. The molecule has 0 aliphatic heterocycles. The van der Waals surface area contributed by atoms with Crippen LogP contribution in [0.15, 0.2) is 41.3 Å². The highest BCUT2D eigenvalue weighted by Gasteiger charge is 2.05. The van der Waals surface area contributed by atoms with Gasteiger partial charge in [0.05, 0.1) is 17.3 Å². The first-order valence-corrected chi connectivity index (χ1v) is 8.31. The summed E-state index contributed by atoms with van der Waals surface area (Å²) in [5.74, 6) is 1.59. The van der Waals surface area contributed by atoms with E-state index in [0.717, 1.165) is 40.7 Å². The third-order valence-electron chi connectivity index (χ3n) is 2.96. The van der Waals surface area contributed by atoms with Crippen LogP contribution in [0.25, 0.3) is 0 Å². The van der Waals surface area contributed by atoms with Gasteiger partial charge in [0.15, 0.2) is 0 Å². The van der Waals surface area contributed by atoms with Crippen LogP contribution in [0.5, 0.6) is 0 Å². The number of aliphatic hydroxyl groups is 1. The molecule has 0 atom stereocenters. The van der Waals surface area contributed by atoms with Crippen molar-refractivity contribution in [3.8, 4) is 0 Å². The predicted octanol–water partition coefficient (Wildman–Crippen LogP) is 4.34. The maximum absolute atomic E-state index is 9.03. The van der Waals surface area contributed by atoms with Crippen molar-refractivity contribution in [2.75, 3.05) is 11.9 Å². The number of hydrogen-bond acceptors (Lipinski definition) is 4. The van der Waals surface area contributed by atoms with Crippen molar-refractivity contribution in [2.24, 2.45) is 0 Å². The zero-order valence-corrected chi connectivity index (χ0v) is 13.5. The van der Waals surface area contributed by atoms with Crippen LogP contribution in [0.1, 0.15) is 24.6 Å². The quantitative estimate of drug-likeness (QED) is 0.744. The summed E-state index contributed by atoms with van der Waals surface area (Å²) in [5.41, 5.74) is 1.80. The SMILES string of the molecule is CCCNc1ccc(Cl)c(CSc2ccc(CO)cc2)n1. The van der Waals surface area contributed by atoms with Gasteiger partial charge in [-0.05, 0) is 36.2 Å². The van der Waals surface area contributed by atoms with Crippen molar-refractivity contribution in [1.29, 1.82) is 0 Å². The first kappa shape index (κ1) is 16.1. The van der Waals surface area contributed by atoms with E-state index in [1.165, 1.54) is 0 Å². The molecule has 1 aromatic heterocycles. The molecular weight excluding hydrogens is 304 g/mol. The summed E-state index contributed by atoms with van der Waals surface area (Å²) in [5, 5.41) is 13.0. The number of rotatable bonds is 7. The Balaban J connectivity index is 2.00. The van der Waals surface area contributed by atoms with Gasteiger partial charge in [0.25, 0.3) is 0 Å². The monoisotopic (exact) mass is 322 g/mol. The van der Waals surface area contributed by atoms with Crippen LogP contribution in [0, 0.1) is 0 Å². The summed E-state index contributed by atoms with van der Waals surface area (Å²) in [4.78, 5) is 5.69. The molecule has 0 radical (unpaired) electrons. The van der Waals surface area contributed by atoms with E-state index >= 15 is 0 Å². The lowest BCUT2D eigenvalue weighted by Gasteiger charge is -2.08. The summed E-state index contributed by atoms with van der Waals surface area (Å²) in [7, 11) is 0. The van der Waals surface area contributed by atoms with Crippen molar-refractivity contribution in [3.63, 3.8) is 0 Å². The second-order valence-corrected chi connectivity index (χ2v) is 6.10. The van der Waals surface area contributed by atoms with Gasteiger partial charge in [-0.3, -0.25) is 0 Å². The first-order chi connectivity index (χ1) is 10.2. The van der Waals surface area contributed by atoms with E-state index in [0.29, 0.717) is 5.02 Å². The van der Waals surface area contributed by atoms with E-state index in [-0.39, 0.29) is 6.61 Å². The van der Waals surface area contributed by atoms with E-state index in [2.05, 4.69) is 17.2 Å². The van der Waals surface area contributed by atoms with Gasteiger partial charge in [-0.1, -0.05) is 30.7 Å². The number of halogens is 1. The minimum Gasteiger partial charge on any atom is -0.392 e. The van der Waals surface area contributed by atoms with Crippen molar-refractivity contribution >= 4 is 29.2 Å². The Morgan fingerprint density at radius 3 is 2.62 bits per heavy atom. The van der Waals surface area contributed by atoms with Gasteiger partial charge >= 0.3 is 0 Å². The number of nitrogens with zero attached hydrogens (tertiary/aromatic N) is 1. The number of aromatic nitrogens is 1. The average molecular weight is 323 g/mol. The number of pyridine rings is 1. The highest BCUT2D eigenvalue weighted by molar-refractivity contribution is 7.98. The smallest absolute Gasteiger partial charge is 0.126 e. The molecule has 2 aromatic rings. The summed E-state index contributed by atoms with van der Waals surface area (Å²) in [6.45, 7) is 3.10. The van der Waals surface area contributed by atoms with Crippen LogP contribution in [0.3, 0.4) is 0 Å². The molecule has 0 saturated heterocycles. The highest BCUT2D eigenvalue weighted by Crippen LogP contribution is 2.26. The van der Waals surface area contributed by atoms with Crippen LogP contribution >= 0.6 is 23.4 Å². The van der Waals surface area contributed by atoms with Crippen LogP contribution < -0.4 is 5.32 Å². The number of nitrogens with one attached hydrogen (secondary N) is 1. The minimum atomic E-state index is 0.0729. The maximum atomic E-state index is 9.03. The van der Waals surface area contributed by atoms with Gasteiger partial charge < -0.3 is 10.4 Å². The molecule has 1 aromatic carbocycles. The first-order valence-electron chi connectivity index (χ1n) is 6.95. The second-order valence-electron chi connectivity index (χ2n) is 4.64. The summed E-state index contributed by atoms with van der Waals surface area (Å²) < 4.78 is 0.